The number of methoxy groups -OCH3 is 2. The number of rotatable bonds is 11. The van der Waals surface area contributed by atoms with Gasteiger partial charge in [-0.25, -0.2) is 4.98 Å². The van der Waals surface area contributed by atoms with Crippen molar-refractivity contribution in [2.75, 3.05) is 26.1 Å². The number of hydrogen-bond donors (Lipinski definition) is 4. The van der Waals surface area contributed by atoms with E-state index in [1.807, 2.05) is 84.9 Å². The first-order valence-corrected chi connectivity index (χ1v) is 15.7. The molecule has 2 heterocycles. The van der Waals surface area contributed by atoms with Crippen LogP contribution in [-0.2, 0) is 15.1 Å². The van der Waals surface area contributed by atoms with Crippen molar-refractivity contribution in [3.05, 3.63) is 148 Å². The van der Waals surface area contributed by atoms with Crippen LogP contribution in [0.25, 0.3) is 0 Å². The number of benzene rings is 4. The third kappa shape index (κ3) is 6.59. The number of aromatic nitrogens is 2. The van der Waals surface area contributed by atoms with E-state index in [1.165, 1.54) is 6.20 Å². The highest BCUT2D eigenvalue weighted by Gasteiger charge is 2.46. The van der Waals surface area contributed by atoms with E-state index in [9.17, 15) is 15.0 Å². The molecule has 0 aliphatic carbocycles. The largest absolute Gasteiger partial charge is 0.497 e. The Labute approximate surface area is 282 Å². The number of nitrogens with zero attached hydrogens (tertiary/aromatic N) is 1. The van der Waals surface area contributed by atoms with Crippen LogP contribution in [0.5, 0.6) is 11.5 Å². The molecule has 4 N–H and O–H groups in total. The number of ether oxygens (including phenoxy) is 4. The number of nitrogens with one attached hydrogen (secondary N) is 2. The highest BCUT2D eigenvalue weighted by Crippen LogP contribution is 2.43. The highest BCUT2D eigenvalue weighted by atomic mass is 32.1. The zero-order valence-electron chi connectivity index (χ0n) is 26.3. The van der Waals surface area contributed by atoms with Gasteiger partial charge in [-0.2, -0.15) is 0 Å². The number of anilines is 1. The van der Waals surface area contributed by atoms with Gasteiger partial charge in [0.1, 0.15) is 46.2 Å². The highest BCUT2D eigenvalue weighted by molar-refractivity contribution is 7.71. The van der Waals surface area contributed by atoms with Crippen LogP contribution >= 0.6 is 12.2 Å². The fourth-order valence-electron chi connectivity index (χ4n) is 5.87. The van der Waals surface area contributed by atoms with E-state index < -0.39 is 30.0 Å². The SMILES string of the molecule is COc1ccc(C(OC[C@H]2O[C@@H](c3cnc(NC(=O)c4ccccc4)[nH]c3=S)[C@H](O)[C@@H]2O)(c2ccccc2)c2ccc(OC)cc2)cc1. The second-order valence-corrected chi connectivity index (χ2v) is 11.6. The minimum Gasteiger partial charge on any atom is -0.497 e. The number of carbonyl (C=O) groups is 1. The van der Waals surface area contributed by atoms with Crippen LogP contribution in [0.2, 0.25) is 0 Å². The molecule has 10 nitrogen and oxygen atoms in total. The summed E-state index contributed by atoms with van der Waals surface area (Å²) in [6, 6.07) is 33.6. The van der Waals surface area contributed by atoms with Gasteiger partial charge in [0.05, 0.1) is 20.8 Å². The lowest BCUT2D eigenvalue weighted by molar-refractivity contribution is -0.0829. The summed E-state index contributed by atoms with van der Waals surface area (Å²) in [6.45, 7) is -0.100. The van der Waals surface area contributed by atoms with Gasteiger partial charge in [0.25, 0.3) is 5.91 Å². The van der Waals surface area contributed by atoms with Crippen molar-refractivity contribution in [1.29, 1.82) is 0 Å². The van der Waals surface area contributed by atoms with Gasteiger partial charge in [-0.3, -0.25) is 10.1 Å². The summed E-state index contributed by atoms with van der Waals surface area (Å²) >= 11 is 5.56. The molecule has 5 aromatic rings. The fraction of sp³-hybridized carbons (Fsp3) is 0.216. The molecule has 1 saturated heterocycles. The van der Waals surface area contributed by atoms with Gasteiger partial charge >= 0.3 is 0 Å². The van der Waals surface area contributed by atoms with Gasteiger partial charge in [0.2, 0.25) is 5.95 Å². The molecule has 4 aromatic carbocycles. The van der Waals surface area contributed by atoms with Gasteiger partial charge in [-0.05, 0) is 53.1 Å². The second kappa shape index (κ2) is 14.5. The maximum Gasteiger partial charge on any atom is 0.257 e. The Morgan fingerprint density at radius 3 is 1.92 bits per heavy atom. The smallest absolute Gasteiger partial charge is 0.257 e. The normalized spacial score (nSPS) is 19.1. The average molecular weight is 666 g/mol. The summed E-state index contributed by atoms with van der Waals surface area (Å²) in [5.74, 6) is 1.15. The molecule has 1 aromatic heterocycles. The molecule has 1 fully saturated rings. The Hall–Kier alpha value is -4.91. The average Bonchev–Trinajstić information content (AvgIpc) is 3.42. The molecular formula is C37H35N3O7S. The molecule has 0 saturated carbocycles. The molecule has 0 radical (unpaired) electrons. The van der Waals surface area contributed by atoms with Crippen LogP contribution in [0.4, 0.5) is 5.95 Å². The van der Waals surface area contributed by atoms with Crippen molar-refractivity contribution in [3.8, 4) is 11.5 Å². The monoisotopic (exact) mass is 665 g/mol. The number of carbonyl (C=O) groups excluding carboxylic acids is 1. The lowest BCUT2D eigenvalue weighted by atomic mass is 9.80. The Morgan fingerprint density at radius 1 is 0.833 bits per heavy atom. The Kier molecular flexibility index (Phi) is 9.95. The van der Waals surface area contributed by atoms with E-state index in [0.29, 0.717) is 22.6 Å². The number of aromatic amines is 1. The van der Waals surface area contributed by atoms with Gasteiger partial charge < -0.3 is 34.1 Å². The number of aliphatic hydroxyl groups excluding tert-OH is 2. The molecule has 0 unspecified atom stereocenters. The Morgan fingerprint density at radius 2 is 1.38 bits per heavy atom. The molecule has 0 spiro atoms. The lowest BCUT2D eigenvalue weighted by Gasteiger charge is -2.37. The van der Waals surface area contributed by atoms with E-state index in [4.69, 9.17) is 31.2 Å². The Bertz CT molecular complexity index is 1840. The van der Waals surface area contributed by atoms with Crippen molar-refractivity contribution >= 4 is 24.1 Å². The van der Waals surface area contributed by atoms with Gasteiger partial charge in [0, 0.05) is 17.3 Å². The molecule has 1 amide bonds. The molecule has 246 valence electrons. The standard InChI is InChI=1S/C37H35N3O7S/c1-44-27-17-13-25(14-18-27)37(24-11-7-4-8-12-24,26-15-19-28(45-2)20-16-26)46-22-30-31(41)32(42)33(47-30)29-21-38-36(40-35(29)48)39-34(43)23-9-5-3-6-10-23/h3-21,30-33,41-42H,22H2,1-2H3,(H2,38,39,40,43,48)/t30-,31-,32-,33+/m1/s1. The summed E-state index contributed by atoms with van der Waals surface area (Å²) in [5.41, 5.74) is 2.12. The van der Waals surface area contributed by atoms with Crippen LogP contribution < -0.4 is 14.8 Å². The zero-order valence-corrected chi connectivity index (χ0v) is 27.1. The molecule has 6 rings (SSSR count). The van der Waals surface area contributed by atoms with Crippen molar-refractivity contribution in [2.24, 2.45) is 0 Å². The number of aliphatic hydroxyl groups is 2. The van der Waals surface area contributed by atoms with E-state index in [-0.39, 0.29) is 23.1 Å². The topological polar surface area (TPSA) is 135 Å². The molecular weight excluding hydrogens is 630 g/mol. The van der Waals surface area contributed by atoms with E-state index in [1.54, 1.807) is 38.5 Å². The van der Waals surface area contributed by atoms with E-state index in [2.05, 4.69) is 15.3 Å². The number of amides is 1. The molecule has 1 aliphatic rings. The molecule has 48 heavy (non-hydrogen) atoms. The number of H-pyrrole nitrogens is 1. The van der Waals surface area contributed by atoms with Crippen molar-refractivity contribution < 1.29 is 34.0 Å². The van der Waals surface area contributed by atoms with Crippen molar-refractivity contribution in [2.45, 2.75) is 30.0 Å². The third-order valence-electron chi connectivity index (χ3n) is 8.40. The second-order valence-electron chi connectivity index (χ2n) is 11.2. The summed E-state index contributed by atoms with van der Waals surface area (Å²) in [7, 11) is 3.21. The predicted molar refractivity (Wildman–Crippen MR) is 182 cm³/mol. The fourth-order valence-corrected chi connectivity index (χ4v) is 6.13. The van der Waals surface area contributed by atoms with E-state index >= 15 is 0 Å². The molecule has 11 heteroatoms. The summed E-state index contributed by atoms with van der Waals surface area (Å²) in [5, 5.41) is 25.0. The van der Waals surface area contributed by atoms with Gasteiger partial charge in [-0.15, -0.1) is 0 Å². The molecule has 4 atom stereocenters. The van der Waals surface area contributed by atoms with Crippen LogP contribution in [0, 0.1) is 4.64 Å². The summed E-state index contributed by atoms with van der Waals surface area (Å²) in [4.78, 5) is 19.8. The van der Waals surface area contributed by atoms with Crippen LogP contribution in [-0.4, -0.2) is 65.2 Å². The summed E-state index contributed by atoms with van der Waals surface area (Å²) < 4.78 is 24.2. The minimum absolute atomic E-state index is 0.100. The Balaban J connectivity index is 1.29. The first-order chi connectivity index (χ1) is 23.3. The first kappa shape index (κ1) is 33.0. The third-order valence-corrected chi connectivity index (χ3v) is 8.74. The molecule has 0 bridgehead atoms. The van der Waals surface area contributed by atoms with Crippen molar-refractivity contribution in [3.63, 3.8) is 0 Å². The van der Waals surface area contributed by atoms with E-state index in [0.717, 1.165) is 16.7 Å². The number of hydrogen-bond acceptors (Lipinski definition) is 9. The van der Waals surface area contributed by atoms with Gasteiger partial charge in [0.15, 0.2) is 0 Å². The maximum absolute atomic E-state index is 12.6. The predicted octanol–water partition coefficient (Wildman–Crippen LogP) is 5.58. The quantitative estimate of drug-likeness (QED) is 0.105. The van der Waals surface area contributed by atoms with Crippen molar-refractivity contribution in [1.82, 2.24) is 9.97 Å². The summed E-state index contributed by atoms with van der Waals surface area (Å²) in [6.07, 6.45) is -3.14. The molecule has 1 aliphatic heterocycles. The van der Waals surface area contributed by atoms with Gasteiger partial charge in [-0.1, -0.05) is 85.0 Å². The first-order valence-electron chi connectivity index (χ1n) is 15.3. The van der Waals surface area contributed by atoms with Crippen LogP contribution in [0.3, 0.4) is 0 Å². The maximum atomic E-state index is 12.6. The zero-order chi connectivity index (χ0) is 33.7. The van der Waals surface area contributed by atoms with Crippen LogP contribution in [0.15, 0.2) is 115 Å². The minimum atomic E-state index is -1.33. The lowest BCUT2D eigenvalue weighted by Crippen LogP contribution is -2.39. The van der Waals surface area contributed by atoms with Crippen LogP contribution in [0.1, 0.15) is 38.7 Å².